The molecule has 0 amide bonds. The van der Waals surface area contributed by atoms with Crippen molar-refractivity contribution in [1.82, 2.24) is 0 Å². The van der Waals surface area contributed by atoms with E-state index in [0.29, 0.717) is 5.92 Å². The molecule has 1 aromatic carbocycles. The lowest BCUT2D eigenvalue weighted by Crippen LogP contribution is -2.22. The molecule has 2 atom stereocenters. The van der Waals surface area contributed by atoms with Crippen molar-refractivity contribution in [2.24, 2.45) is 11.7 Å². The molecule has 82 valence electrons. The number of hydrogen-bond donors (Lipinski definition) is 1. The van der Waals surface area contributed by atoms with Crippen LogP contribution in [0.15, 0.2) is 18.2 Å². The second kappa shape index (κ2) is 4.23. The van der Waals surface area contributed by atoms with Crippen molar-refractivity contribution in [3.63, 3.8) is 0 Å². The maximum absolute atomic E-state index is 5.82. The number of rotatable bonds is 2. The first kappa shape index (κ1) is 10.5. The van der Waals surface area contributed by atoms with Crippen molar-refractivity contribution >= 4 is 0 Å². The molecule has 0 saturated heterocycles. The van der Waals surface area contributed by atoms with E-state index < -0.39 is 0 Å². The number of fused-ring (bicyclic) bond motifs is 1. The van der Waals surface area contributed by atoms with Gasteiger partial charge in [-0.1, -0.05) is 13.0 Å². The van der Waals surface area contributed by atoms with Gasteiger partial charge in [0, 0.05) is 0 Å². The van der Waals surface area contributed by atoms with E-state index in [1.165, 1.54) is 17.5 Å². The number of nitrogens with two attached hydrogens (primary N) is 1. The minimum atomic E-state index is 0.537. The van der Waals surface area contributed by atoms with Crippen molar-refractivity contribution < 1.29 is 4.74 Å². The molecule has 0 aliphatic heterocycles. The molecule has 0 heterocycles. The van der Waals surface area contributed by atoms with Gasteiger partial charge in [0.15, 0.2) is 0 Å². The van der Waals surface area contributed by atoms with Gasteiger partial charge in [0.05, 0.1) is 7.11 Å². The molecule has 2 rings (SSSR count). The zero-order valence-corrected chi connectivity index (χ0v) is 9.49. The molecular weight excluding hydrogens is 186 g/mol. The van der Waals surface area contributed by atoms with Crippen LogP contribution in [0.5, 0.6) is 5.75 Å². The van der Waals surface area contributed by atoms with E-state index in [2.05, 4.69) is 19.1 Å². The van der Waals surface area contributed by atoms with E-state index in [1.54, 1.807) is 7.11 Å². The number of methoxy groups -OCH3 is 1. The van der Waals surface area contributed by atoms with Crippen LogP contribution in [0, 0.1) is 5.92 Å². The van der Waals surface area contributed by atoms with E-state index >= 15 is 0 Å². The Morgan fingerprint density at radius 3 is 2.93 bits per heavy atom. The van der Waals surface area contributed by atoms with Crippen LogP contribution in [-0.2, 0) is 6.42 Å². The Hall–Kier alpha value is -1.02. The van der Waals surface area contributed by atoms with Crippen LogP contribution in [0.4, 0.5) is 0 Å². The van der Waals surface area contributed by atoms with E-state index in [4.69, 9.17) is 10.5 Å². The van der Waals surface area contributed by atoms with Crippen molar-refractivity contribution in [1.29, 1.82) is 0 Å². The molecule has 0 spiro atoms. The molecule has 2 nitrogen and oxygen atoms in total. The van der Waals surface area contributed by atoms with Crippen LogP contribution in [0.25, 0.3) is 0 Å². The van der Waals surface area contributed by atoms with Crippen LogP contribution in [-0.4, -0.2) is 13.7 Å². The van der Waals surface area contributed by atoms with Crippen LogP contribution >= 0.6 is 0 Å². The lowest BCUT2D eigenvalue weighted by molar-refractivity contribution is 0.406. The summed E-state index contributed by atoms with van der Waals surface area (Å²) in [5.41, 5.74) is 8.67. The molecule has 1 aromatic rings. The van der Waals surface area contributed by atoms with Gasteiger partial charge in [-0.2, -0.15) is 0 Å². The molecule has 0 saturated carbocycles. The second-order valence-electron chi connectivity index (χ2n) is 4.54. The van der Waals surface area contributed by atoms with Gasteiger partial charge in [-0.05, 0) is 54.5 Å². The fraction of sp³-hybridized carbons (Fsp3) is 0.538. The molecule has 2 N–H and O–H groups in total. The molecule has 0 fully saturated rings. The summed E-state index contributed by atoms with van der Waals surface area (Å²) in [5, 5.41) is 0. The minimum Gasteiger partial charge on any atom is -0.497 e. The summed E-state index contributed by atoms with van der Waals surface area (Å²) in [7, 11) is 1.72. The summed E-state index contributed by atoms with van der Waals surface area (Å²) in [5.74, 6) is 2.23. The highest BCUT2D eigenvalue weighted by Gasteiger charge is 2.23. The molecule has 0 bridgehead atoms. The SMILES string of the molecule is COc1ccc2c(c1)CC(C)CC2CN. The van der Waals surface area contributed by atoms with E-state index in [-0.39, 0.29) is 0 Å². The van der Waals surface area contributed by atoms with Crippen LogP contribution in [0.2, 0.25) is 0 Å². The quantitative estimate of drug-likeness (QED) is 0.804. The van der Waals surface area contributed by atoms with Crippen molar-refractivity contribution in [2.75, 3.05) is 13.7 Å². The highest BCUT2D eigenvalue weighted by molar-refractivity contribution is 5.39. The molecule has 2 unspecified atom stereocenters. The van der Waals surface area contributed by atoms with Crippen LogP contribution < -0.4 is 10.5 Å². The summed E-state index contributed by atoms with van der Waals surface area (Å²) in [4.78, 5) is 0. The first-order chi connectivity index (χ1) is 7.24. The summed E-state index contributed by atoms with van der Waals surface area (Å²) in [6.07, 6.45) is 2.37. The third kappa shape index (κ3) is 2.00. The fourth-order valence-electron chi connectivity index (χ4n) is 2.58. The topological polar surface area (TPSA) is 35.2 Å². The van der Waals surface area contributed by atoms with E-state index in [9.17, 15) is 0 Å². The van der Waals surface area contributed by atoms with Crippen LogP contribution in [0.3, 0.4) is 0 Å². The third-order valence-corrected chi connectivity index (χ3v) is 3.33. The van der Waals surface area contributed by atoms with E-state index in [0.717, 1.165) is 24.6 Å². The van der Waals surface area contributed by atoms with Gasteiger partial charge in [-0.15, -0.1) is 0 Å². The number of hydrogen-bond acceptors (Lipinski definition) is 2. The normalized spacial score (nSPS) is 24.7. The number of ether oxygens (including phenoxy) is 1. The van der Waals surface area contributed by atoms with Crippen molar-refractivity contribution in [2.45, 2.75) is 25.7 Å². The highest BCUT2D eigenvalue weighted by Crippen LogP contribution is 2.35. The summed E-state index contributed by atoms with van der Waals surface area (Å²) in [6, 6.07) is 6.38. The van der Waals surface area contributed by atoms with Gasteiger partial charge < -0.3 is 10.5 Å². The first-order valence-electron chi connectivity index (χ1n) is 5.61. The summed E-state index contributed by atoms with van der Waals surface area (Å²) < 4.78 is 5.25. The summed E-state index contributed by atoms with van der Waals surface area (Å²) >= 11 is 0. The molecule has 1 aliphatic rings. The predicted octanol–water partition coefficient (Wildman–Crippen LogP) is 2.32. The lowest BCUT2D eigenvalue weighted by Gasteiger charge is -2.29. The Morgan fingerprint density at radius 1 is 1.47 bits per heavy atom. The standard InChI is InChI=1S/C13H19NO/c1-9-5-10-7-12(15-2)3-4-13(10)11(6-9)8-14/h3-4,7,9,11H,5-6,8,14H2,1-2H3. The van der Waals surface area contributed by atoms with E-state index in [1.807, 2.05) is 6.07 Å². The Morgan fingerprint density at radius 2 is 2.27 bits per heavy atom. The Kier molecular flexibility index (Phi) is 2.96. The largest absolute Gasteiger partial charge is 0.497 e. The Bertz CT molecular complexity index is 348. The average Bonchev–Trinajstić information content (AvgIpc) is 2.26. The van der Waals surface area contributed by atoms with Gasteiger partial charge in [0.25, 0.3) is 0 Å². The maximum Gasteiger partial charge on any atom is 0.119 e. The zero-order chi connectivity index (χ0) is 10.8. The highest BCUT2D eigenvalue weighted by atomic mass is 16.5. The maximum atomic E-state index is 5.82. The monoisotopic (exact) mass is 205 g/mol. The smallest absolute Gasteiger partial charge is 0.119 e. The molecule has 0 aromatic heterocycles. The number of benzene rings is 1. The molecule has 1 aliphatic carbocycles. The fourth-order valence-corrected chi connectivity index (χ4v) is 2.58. The Balaban J connectivity index is 2.37. The minimum absolute atomic E-state index is 0.537. The first-order valence-corrected chi connectivity index (χ1v) is 5.61. The Labute approximate surface area is 91.4 Å². The average molecular weight is 205 g/mol. The van der Waals surface area contributed by atoms with Gasteiger partial charge in [-0.25, -0.2) is 0 Å². The van der Waals surface area contributed by atoms with Crippen molar-refractivity contribution in [3.8, 4) is 5.75 Å². The van der Waals surface area contributed by atoms with Gasteiger partial charge in [0.2, 0.25) is 0 Å². The molecule has 0 radical (unpaired) electrons. The molecule has 2 heteroatoms. The predicted molar refractivity (Wildman–Crippen MR) is 62.3 cm³/mol. The molecular formula is C13H19NO. The van der Waals surface area contributed by atoms with Crippen molar-refractivity contribution in [3.05, 3.63) is 29.3 Å². The summed E-state index contributed by atoms with van der Waals surface area (Å²) in [6.45, 7) is 3.05. The van der Waals surface area contributed by atoms with Gasteiger partial charge in [0.1, 0.15) is 5.75 Å². The molecule has 15 heavy (non-hydrogen) atoms. The zero-order valence-electron chi connectivity index (χ0n) is 9.49. The van der Waals surface area contributed by atoms with Gasteiger partial charge >= 0.3 is 0 Å². The second-order valence-corrected chi connectivity index (χ2v) is 4.54. The van der Waals surface area contributed by atoms with Gasteiger partial charge in [-0.3, -0.25) is 0 Å². The van der Waals surface area contributed by atoms with Crippen LogP contribution in [0.1, 0.15) is 30.4 Å². The lowest BCUT2D eigenvalue weighted by atomic mass is 9.77. The third-order valence-electron chi connectivity index (χ3n) is 3.33.